The Kier molecular flexibility index (Phi) is 7.33. The molecule has 0 aliphatic carbocycles. The van der Waals surface area contributed by atoms with Gasteiger partial charge in [0.25, 0.3) is 0 Å². The molecule has 15 heavy (non-hydrogen) atoms. The zero-order valence-corrected chi connectivity index (χ0v) is 8.27. The molecule has 3 heteroatoms. The van der Waals surface area contributed by atoms with Crippen molar-refractivity contribution in [3.8, 4) is 6.07 Å². The number of rotatable bonds is 3. The third kappa shape index (κ3) is 7.03. The van der Waals surface area contributed by atoms with Crippen LogP contribution in [0.1, 0.15) is 11.1 Å². The van der Waals surface area contributed by atoms with Gasteiger partial charge in [-0.05, 0) is 24.6 Å². The third-order valence-electron chi connectivity index (χ3n) is 1.34. The van der Waals surface area contributed by atoms with Crippen LogP contribution in [0.25, 0.3) is 0 Å². The van der Waals surface area contributed by atoms with Crippen molar-refractivity contribution >= 4 is 6.47 Å². The van der Waals surface area contributed by atoms with E-state index >= 15 is 0 Å². The van der Waals surface area contributed by atoms with Crippen LogP contribution < -0.4 is 0 Å². The summed E-state index contributed by atoms with van der Waals surface area (Å²) in [5.41, 5.74) is 1.62. The van der Waals surface area contributed by atoms with Gasteiger partial charge in [0, 0.05) is 0 Å². The molecule has 1 aromatic rings. The Bertz CT molecular complexity index is 328. The highest BCUT2D eigenvalue weighted by atomic mass is 16.5. The predicted molar refractivity (Wildman–Crippen MR) is 57.5 cm³/mol. The van der Waals surface area contributed by atoms with E-state index in [0.717, 1.165) is 5.56 Å². The summed E-state index contributed by atoms with van der Waals surface area (Å²) in [7, 11) is 0. The Morgan fingerprint density at radius 1 is 1.40 bits per heavy atom. The zero-order valence-electron chi connectivity index (χ0n) is 8.27. The molecule has 0 saturated carbocycles. The number of hydrogen-bond acceptors (Lipinski definition) is 3. The number of benzene rings is 1. The van der Waals surface area contributed by atoms with Crippen LogP contribution in [0.15, 0.2) is 36.9 Å². The van der Waals surface area contributed by atoms with Gasteiger partial charge in [0.05, 0.1) is 11.6 Å². The smallest absolute Gasteiger partial charge is 0.417 e. The SMILES string of the molecule is C=CCO[C]=O.[CH2]c1ccc(C#N)cc1. The summed E-state index contributed by atoms with van der Waals surface area (Å²) in [5.74, 6) is 0. The van der Waals surface area contributed by atoms with E-state index in [1.54, 1.807) is 12.1 Å². The number of nitriles is 1. The molecule has 0 aliphatic rings. The van der Waals surface area contributed by atoms with E-state index in [9.17, 15) is 0 Å². The molecule has 76 valence electrons. The highest BCUT2D eigenvalue weighted by Crippen LogP contribution is 1.99. The van der Waals surface area contributed by atoms with Crippen molar-refractivity contribution < 1.29 is 9.53 Å². The number of ether oxygens (including phenoxy) is 1. The third-order valence-corrected chi connectivity index (χ3v) is 1.34. The average Bonchev–Trinajstić information content (AvgIpc) is 2.28. The summed E-state index contributed by atoms with van der Waals surface area (Å²) >= 11 is 0. The summed E-state index contributed by atoms with van der Waals surface area (Å²) < 4.78 is 4.06. The first-order valence-electron chi connectivity index (χ1n) is 4.16. The van der Waals surface area contributed by atoms with Gasteiger partial charge in [0.2, 0.25) is 0 Å². The monoisotopic (exact) mass is 201 g/mol. The second kappa shape index (κ2) is 8.52. The summed E-state index contributed by atoms with van der Waals surface area (Å²) in [5, 5.41) is 8.36. The summed E-state index contributed by atoms with van der Waals surface area (Å²) in [6.45, 7) is 8.48. The Hall–Kier alpha value is -2.08. The molecule has 2 radical (unpaired) electrons. The van der Waals surface area contributed by atoms with Crippen LogP contribution in [0.4, 0.5) is 0 Å². The molecular weight excluding hydrogens is 190 g/mol. The highest BCUT2D eigenvalue weighted by molar-refractivity contribution is 5.38. The van der Waals surface area contributed by atoms with Gasteiger partial charge in [-0.25, -0.2) is 4.79 Å². The molecular formula is C12H11NO2. The number of hydrogen-bond donors (Lipinski definition) is 0. The van der Waals surface area contributed by atoms with Gasteiger partial charge in [0.15, 0.2) is 0 Å². The van der Waals surface area contributed by atoms with Crippen LogP contribution in [0, 0.1) is 18.3 Å². The van der Waals surface area contributed by atoms with Gasteiger partial charge in [-0.2, -0.15) is 5.26 Å². The van der Waals surface area contributed by atoms with Crippen molar-refractivity contribution in [2.75, 3.05) is 6.61 Å². The minimum Gasteiger partial charge on any atom is -0.453 e. The van der Waals surface area contributed by atoms with E-state index in [0.29, 0.717) is 5.56 Å². The van der Waals surface area contributed by atoms with Crippen LogP contribution in [0.5, 0.6) is 0 Å². The standard InChI is InChI=1S/C8H6N.C4H5O2/c1-7-2-4-8(6-9)5-3-7;1-2-3-6-4-5/h2-5H,1H2;2H,1,3H2. The molecule has 0 atom stereocenters. The molecule has 0 bridgehead atoms. The molecule has 0 aliphatic heterocycles. The first-order valence-corrected chi connectivity index (χ1v) is 4.16. The Balaban J connectivity index is 0.000000288. The van der Waals surface area contributed by atoms with Crippen molar-refractivity contribution in [1.82, 2.24) is 0 Å². The van der Waals surface area contributed by atoms with Gasteiger partial charge in [0.1, 0.15) is 6.61 Å². The maximum Gasteiger partial charge on any atom is 0.417 e. The van der Waals surface area contributed by atoms with Crippen molar-refractivity contribution in [2.45, 2.75) is 0 Å². The molecule has 1 aromatic carbocycles. The molecule has 0 amide bonds. The predicted octanol–water partition coefficient (Wildman–Crippen LogP) is 2.00. The van der Waals surface area contributed by atoms with E-state index in [4.69, 9.17) is 10.1 Å². The normalized spacial score (nSPS) is 7.73. The lowest BCUT2D eigenvalue weighted by Crippen LogP contribution is -1.82. The molecule has 0 fully saturated rings. The van der Waals surface area contributed by atoms with Gasteiger partial charge in [-0.15, -0.1) is 0 Å². The van der Waals surface area contributed by atoms with Crippen LogP contribution in [-0.2, 0) is 9.53 Å². The molecule has 3 nitrogen and oxygen atoms in total. The molecule has 1 rings (SSSR count). The minimum atomic E-state index is 0.253. The Labute approximate surface area is 89.6 Å². The van der Waals surface area contributed by atoms with Crippen molar-refractivity contribution in [3.05, 3.63) is 55.0 Å². The first-order chi connectivity index (χ1) is 7.24. The van der Waals surface area contributed by atoms with E-state index in [1.807, 2.05) is 18.2 Å². The Morgan fingerprint density at radius 2 is 2.00 bits per heavy atom. The minimum absolute atomic E-state index is 0.253. The van der Waals surface area contributed by atoms with Gasteiger partial charge >= 0.3 is 6.47 Å². The number of nitrogens with zero attached hydrogens (tertiary/aromatic N) is 1. The summed E-state index contributed by atoms with van der Waals surface area (Å²) in [6, 6.07) is 9.17. The van der Waals surface area contributed by atoms with E-state index < -0.39 is 0 Å². The van der Waals surface area contributed by atoms with E-state index in [2.05, 4.69) is 18.2 Å². The van der Waals surface area contributed by atoms with E-state index in [-0.39, 0.29) is 6.61 Å². The molecule has 0 heterocycles. The molecule has 0 spiro atoms. The van der Waals surface area contributed by atoms with Crippen LogP contribution in [-0.4, -0.2) is 13.1 Å². The molecule has 0 N–H and O–H groups in total. The van der Waals surface area contributed by atoms with Crippen molar-refractivity contribution in [2.24, 2.45) is 0 Å². The van der Waals surface area contributed by atoms with E-state index in [1.165, 1.54) is 12.5 Å². The highest BCUT2D eigenvalue weighted by Gasteiger charge is 1.85. The zero-order chi connectivity index (χ0) is 11.5. The lowest BCUT2D eigenvalue weighted by Gasteiger charge is -1.87. The van der Waals surface area contributed by atoms with Gasteiger partial charge in [-0.1, -0.05) is 24.8 Å². The summed E-state index contributed by atoms with van der Waals surface area (Å²) in [6.07, 6.45) is 1.48. The average molecular weight is 201 g/mol. The van der Waals surface area contributed by atoms with Crippen molar-refractivity contribution in [1.29, 1.82) is 5.26 Å². The maximum atomic E-state index is 9.17. The molecule has 0 unspecified atom stereocenters. The van der Waals surface area contributed by atoms with Gasteiger partial charge in [-0.3, -0.25) is 0 Å². The topological polar surface area (TPSA) is 50.1 Å². The van der Waals surface area contributed by atoms with Crippen LogP contribution in [0.2, 0.25) is 0 Å². The lowest BCUT2D eigenvalue weighted by molar-refractivity contribution is 0.314. The van der Waals surface area contributed by atoms with Gasteiger partial charge < -0.3 is 4.74 Å². The second-order valence-corrected chi connectivity index (χ2v) is 2.49. The second-order valence-electron chi connectivity index (χ2n) is 2.49. The van der Waals surface area contributed by atoms with Crippen molar-refractivity contribution in [3.63, 3.8) is 0 Å². The maximum absolute atomic E-state index is 9.17. The fraction of sp³-hybridized carbons (Fsp3) is 0.0833. The Morgan fingerprint density at radius 3 is 2.33 bits per heavy atom. The fourth-order valence-electron chi connectivity index (χ4n) is 0.672. The largest absolute Gasteiger partial charge is 0.453 e. The lowest BCUT2D eigenvalue weighted by atomic mass is 10.2. The van der Waals surface area contributed by atoms with Crippen LogP contribution in [0.3, 0.4) is 0 Å². The quantitative estimate of drug-likeness (QED) is 0.555. The van der Waals surface area contributed by atoms with Crippen LogP contribution >= 0.6 is 0 Å². The first kappa shape index (κ1) is 12.9. The molecule has 0 saturated heterocycles. The fourth-order valence-corrected chi connectivity index (χ4v) is 0.672. The number of carbonyl (C=O) groups excluding carboxylic acids is 1. The summed E-state index contributed by atoms with van der Waals surface area (Å²) in [4.78, 5) is 9.17. The molecule has 0 aromatic heterocycles.